The molecule has 0 heterocycles. The molecule has 13 nitrogen and oxygen atoms in total. The molecule has 0 aromatic heterocycles. The van der Waals surface area contributed by atoms with Gasteiger partial charge in [0.1, 0.15) is 0 Å². The Morgan fingerprint density at radius 3 is 1.36 bits per heavy atom. The second kappa shape index (κ2) is 27.4. The zero-order valence-electron chi connectivity index (χ0n) is 30.8. The van der Waals surface area contributed by atoms with E-state index >= 15 is 0 Å². The van der Waals surface area contributed by atoms with E-state index in [0.717, 1.165) is 25.7 Å². The van der Waals surface area contributed by atoms with Gasteiger partial charge in [-0.25, -0.2) is 0 Å². The van der Waals surface area contributed by atoms with Crippen LogP contribution in [0.4, 0.5) is 0 Å². The number of carbonyl (C=O) groups is 2. The fourth-order valence-corrected chi connectivity index (χ4v) is 4.66. The maximum absolute atomic E-state index is 13.1. The highest BCUT2D eigenvalue weighted by Crippen LogP contribution is 2.37. The SMILES string of the molecule is CCCCOC(OCC)(OC(=O)CCCCCCCC(=O)OC(OCCC)C(OCC)(OCC)OCC)C(OCC)(OCC)OCC. The van der Waals surface area contributed by atoms with E-state index < -0.39 is 36.1 Å². The van der Waals surface area contributed by atoms with Crippen molar-refractivity contribution < 1.29 is 61.7 Å². The molecule has 13 heteroatoms. The van der Waals surface area contributed by atoms with Gasteiger partial charge >= 0.3 is 29.9 Å². The van der Waals surface area contributed by atoms with Gasteiger partial charge in [-0.05, 0) is 74.1 Å². The summed E-state index contributed by atoms with van der Waals surface area (Å²) < 4.78 is 64.4. The Bertz CT molecular complexity index is 747. The van der Waals surface area contributed by atoms with E-state index in [0.29, 0.717) is 32.3 Å². The molecule has 0 fully saturated rings. The van der Waals surface area contributed by atoms with Crippen molar-refractivity contribution in [3.8, 4) is 0 Å². The Hall–Kier alpha value is -1.42. The average molecular weight is 683 g/mol. The third kappa shape index (κ3) is 16.2. The van der Waals surface area contributed by atoms with E-state index in [-0.39, 0.29) is 65.7 Å². The third-order valence-corrected chi connectivity index (χ3v) is 6.55. The first kappa shape index (κ1) is 45.6. The first-order valence-corrected chi connectivity index (χ1v) is 17.8. The fourth-order valence-electron chi connectivity index (χ4n) is 4.66. The normalized spacial score (nSPS) is 14.1. The summed E-state index contributed by atoms with van der Waals surface area (Å²) in [6.45, 7) is 18.7. The molecule has 0 aliphatic rings. The summed E-state index contributed by atoms with van der Waals surface area (Å²) in [6.07, 6.45) is 4.93. The molecular weight excluding hydrogens is 616 g/mol. The Balaban J connectivity index is 5.19. The Labute approximate surface area is 283 Å². The molecule has 0 aromatic carbocycles. The lowest BCUT2D eigenvalue weighted by atomic mass is 10.1. The predicted molar refractivity (Wildman–Crippen MR) is 175 cm³/mol. The van der Waals surface area contributed by atoms with Crippen LogP contribution >= 0.6 is 0 Å². The van der Waals surface area contributed by atoms with Crippen molar-refractivity contribution in [2.75, 3.05) is 59.5 Å². The Kier molecular flexibility index (Phi) is 26.6. The zero-order chi connectivity index (χ0) is 35.4. The highest BCUT2D eigenvalue weighted by Gasteiger charge is 2.63. The molecule has 0 aliphatic carbocycles. The van der Waals surface area contributed by atoms with Crippen molar-refractivity contribution in [2.24, 2.45) is 0 Å². The molecule has 0 aromatic rings. The lowest BCUT2D eigenvalue weighted by molar-refractivity contribution is -0.550. The number of hydrogen-bond acceptors (Lipinski definition) is 13. The van der Waals surface area contributed by atoms with Gasteiger partial charge in [-0.15, -0.1) is 0 Å². The standard InChI is InChI=1S/C34H66O13/c1-10-19-28-45-34(44-18-9,33(41-15-6,42-16-7)43-17-8)47-30(36)26-24-22-20-21-23-25-29(35)46-31(37-27-11-2)32(38-12-3,39-13-4)40-14-5/h31H,10-28H2,1-9H3. The topological polar surface area (TPSA) is 136 Å². The van der Waals surface area contributed by atoms with Crippen molar-refractivity contribution >= 4 is 11.9 Å². The summed E-state index contributed by atoms with van der Waals surface area (Å²) in [7, 11) is 0. The van der Waals surface area contributed by atoms with Gasteiger partial charge in [-0.1, -0.05) is 39.5 Å². The van der Waals surface area contributed by atoms with Crippen LogP contribution in [0.25, 0.3) is 0 Å². The minimum absolute atomic E-state index is 0.124. The van der Waals surface area contributed by atoms with Crippen LogP contribution in [0.15, 0.2) is 0 Å². The quantitative estimate of drug-likeness (QED) is 0.0419. The van der Waals surface area contributed by atoms with Gasteiger partial charge in [0.05, 0.1) is 19.8 Å². The Morgan fingerprint density at radius 2 is 0.915 bits per heavy atom. The van der Waals surface area contributed by atoms with Crippen LogP contribution in [0.2, 0.25) is 0 Å². The minimum Gasteiger partial charge on any atom is -0.427 e. The summed E-state index contributed by atoms with van der Waals surface area (Å²) in [6, 6.07) is 0. The molecule has 2 unspecified atom stereocenters. The van der Waals surface area contributed by atoms with Crippen molar-refractivity contribution in [2.45, 2.75) is 151 Å². The van der Waals surface area contributed by atoms with E-state index in [4.69, 9.17) is 52.1 Å². The van der Waals surface area contributed by atoms with Crippen LogP contribution in [0.5, 0.6) is 0 Å². The van der Waals surface area contributed by atoms with Crippen LogP contribution < -0.4 is 0 Å². The van der Waals surface area contributed by atoms with E-state index in [9.17, 15) is 9.59 Å². The smallest absolute Gasteiger partial charge is 0.416 e. The Morgan fingerprint density at radius 1 is 0.468 bits per heavy atom. The average Bonchev–Trinajstić information content (AvgIpc) is 3.03. The number of hydrogen-bond donors (Lipinski definition) is 0. The fraction of sp³-hybridized carbons (Fsp3) is 0.941. The molecule has 0 N–H and O–H groups in total. The molecule has 0 rings (SSSR count). The molecule has 2 atom stereocenters. The van der Waals surface area contributed by atoms with E-state index in [1.165, 1.54) is 0 Å². The first-order valence-electron chi connectivity index (χ1n) is 17.8. The number of carbonyl (C=O) groups excluding carboxylic acids is 2. The van der Waals surface area contributed by atoms with Crippen LogP contribution in [-0.4, -0.2) is 95.6 Å². The van der Waals surface area contributed by atoms with Gasteiger partial charge in [0.25, 0.3) is 6.29 Å². The number of esters is 2. The van der Waals surface area contributed by atoms with Gasteiger partial charge in [-0.2, -0.15) is 0 Å². The zero-order valence-corrected chi connectivity index (χ0v) is 30.8. The molecular formula is C34H66O13. The van der Waals surface area contributed by atoms with E-state index in [1.807, 2.05) is 13.8 Å². The molecule has 47 heavy (non-hydrogen) atoms. The van der Waals surface area contributed by atoms with Crippen molar-refractivity contribution in [1.82, 2.24) is 0 Å². The van der Waals surface area contributed by atoms with Gasteiger partial charge < -0.3 is 52.1 Å². The largest absolute Gasteiger partial charge is 0.427 e. The summed E-state index contributed by atoms with van der Waals surface area (Å²) in [5.74, 6) is -6.53. The van der Waals surface area contributed by atoms with Gasteiger partial charge in [0, 0.05) is 52.5 Å². The van der Waals surface area contributed by atoms with Crippen LogP contribution in [-0.2, 0) is 61.7 Å². The van der Waals surface area contributed by atoms with Gasteiger partial charge in [0.2, 0.25) is 0 Å². The van der Waals surface area contributed by atoms with Crippen LogP contribution in [0.1, 0.15) is 127 Å². The summed E-state index contributed by atoms with van der Waals surface area (Å²) in [4.78, 5) is 25.9. The number of ether oxygens (including phenoxy) is 11. The number of rotatable bonds is 33. The lowest BCUT2D eigenvalue weighted by Gasteiger charge is -2.44. The van der Waals surface area contributed by atoms with Crippen LogP contribution in [0, 0.1) is 0 Å². The summed E-state index contributed by atoms with van der Waals surface area (Å²) in [5, 5.41) is 0. The molecule has 0 spiro atoms. The van der Waals surface area contributed by atoms with E-state index in [1.54, 1.807) is 48.5 Å². The highest BCUT2D eigenvalue weighted by atomic mass is 17.0. The molecule has 0 amide bonds. The van der Waals surface area contributed by atoms with Crippen molar-refractivity contribution in [3.05, 3.63) is 0 Å². The monoisotopic (exact) mass is 682 g/mol. The lowest BCUT2D eigenvalue weighted by Crippen LogP contribution is -2.65. The predicted octanol–water partition coefficient (Wildman–Crippen LogP) is 6.59. The molecule has 0 bridgehead atoms. The van der Waals surface area contributed by atoms with Crippen molar-refractivity contribution in [3.63, 3.8) is 0 Å². The highest BCUT2D eigenvalue weighted by molar-refractivity contribution is 5.70. The van der Waals surface area contributed by atoms with Crippen molar-refractivity contribution in [1.29, 1.82) is 0 Å². The second-order valence-corrected chi connectivity index (χ2v) is 10.4. The van der Waals surface area contributed by atoms with Gasteiger partial charge in [-0.3, -0.25) is 9.59 Å². The van der Waals surface area contributed by atoms with Crippen LogP contribution in [0.3, 0.4) is 0 Å². The molecule has 0 saturated carbocycles. The molecule has 0 aliphatic heterocycles. The van der Waals surface area contributed by atoms with Gasteiger partial charge in [0.15, 0.2) is 0 Å². The summed E-state index contributed by atoms with van der Waals surface area (Å²) >= 11 is 0. The third-order valence-electron chi connectivity index (χ3n) is 6.55. The maximum atomic E-state index is 13.1. The second-order valence-electron chi connectivity index (χ2n) is 10.4. The molecule has 280 valence electrons. The van der Waals surface area contributed by atoms with E-state index in [2.05, 4.69) is 0 Å². The number of unbranched alkanes of at least 4 members (excludes halogenated alkanes) is 5. The summed E-state index contributed by atoms with van der Waals surface area (Å²) in [5.41, 5.74) is 0. The first-order chi connectivity index (χ1) is 22.7. The molecule has 0 radical (unpaired) electrons. The molecule has 0 saturated heterocycles. The maximum Gasteiger partial charge on any atom is 0.416 e. The minimum atomic E-state index is -2.04.